The molecule has 0 amide bonds. The van der Waals surface area contributed by atoms with Gasteiger partial charge < -0.3 is 9.84 Å². The first-order valence-corrected chi connectivity index (χ1v) is 3.63. The van der Waals surface area contributed by atoms with Gasteiger partial charge in [-0.05, 0) is 19.3 Å². The second-order valence-electron chi connectivity index (χ2n) is 3.15. The molecular weight excluding hydrogens is 132 g/mol. The molecule has 10 heavy (non-hydrogen) atoms. The van der Waals surface area contributed by atoms with Crippen LogP contribution in [0.5, 0.6) is 0 Å². The molecule has 0 spiro atoms. The Balaban J connectivity index is 2.22. The summed E-state index contributed by atoms with van der Waals surface area (Å²) in [5.41, 5.74) is -0.795. The van der Waals surface area contributed by atoms with Crippen molar-refractivity contribution in [3.8, 4) is 0 Å². The molecule has 1 aliphatic heterocycles. The fourth-order valence-electron chi connectivity index (χ4n) is 1.84. The van der Waals surface area contributed by atoms with Crippen molar-refractivity contribution in [2.24, 2.45) is 0 Å². The van der Waals surface area contributed by atoms with Crippen LogP contribution in [0, 0.1) is 0 Å². The molecule has 0 radical (unpaired) electrons. The van der Waals surface area contributed by atoms with E-state index in [1.165, 1.54) is 0 Å². The van der Waals surface area contributed by atoms with Gasteiger partial charge in [-0.15, -0.1) is 0 Å². The highest BCUT2D eigenvalue weighted by molar-refractivity contribution is 5.73. The third kappa shape index (κ3) is 0.669. The van der Waals surface area contributed by atoms with E-state index in [1.54, 1.807) is 0 Å². The van der Waals surface area contributed by atoms with Crippen molar-refractivity contribution in [1.29, 1.82) is 0 Å². The van der Waals surface area contributed by atoms with E-state index in [0.29, 0.717) is 0 Å². The van der Waals surface area contributed by atoms with E-state index in [-0.39, 0.29) is 18.5 Å². The lowest BCUT2D eigenvalue weighted by Gasteiger charge is -2.17. The Kier molecular flexibility index (Phi) is 1.06. The fraction of sp³-hybridized carbons (Fsp3) is 0.857. The molecule has 0 aromatic carbocycles. The summed E-state index contributed by atoms with van der Waals surface area (Å²) in [6.45, 7) is 0. The SMILES string of the molecule is O=C1C[C@@]2(O)CCC[C@H]2O1. The number of aliphatic hydroxyl groups is 1. The predicted octanol–water partition coefficient (Wildman–Crippen LogP) is 0.217. The van der Waals surface area contributed by atoms with Crippen LogP contribution in [-0.2, 0) is 9.53 Å². The zero-order valence-corrected chi connectivity index (χ0v) is 5.67. The summed E-state index contributed by atoms with van der Waals surface area (Å²) in [5.74, 6) is -0.243. The summed E-state index contributed by atoms with van der Waals surface area (Å²) in [5, 5.41) is 9.66. The van der Waals surface area contributed by atoms with Gasteiger partial charge in [0.05, 0.1) is 6.42 Å². The van der Waals surface area contributed by atoms with E-state index < -0.39 is 5.60 Å². The molecule has 2 atom stereocenters. The van der Waals surface area contributed by atoms with E-state index >= 15 is 0 Å². The first-order valence-electron chi connectivity index (χ1n) is 3.63. The van der Waals surface area contributed by atoms with Gasteiger partial charge in [0, 0.05) is 0 Å². The van der Waals surface area contributed by atoms with Gasteiger partial charge in [0.25, 0.3) is 0 Å². The molecule has 1 aliphatic carbocycles. The van der Waals surface area contributed by atoms with Gasteiger partial charge in [0.1, 0.15) is 11.7 Å². The van der Waals surface area contributed by atoms with E-state index in [9.17, 15) is 9.90 Å². The highest BCUT2D eigenvalue weighted by atomic mass is 16.6. The quantitative estimate of drug-likeness (QED) is 0.492. The summed E-state index contributed by atoms with van der Waals surface area (Å²) in [7, 11) is 0. The summed E-state index contributed by atoms with van der Waals surface area (Å²) in [6, 6.07) is 0. The van der Waals surface area contributed by atoms with Gasteiger partial charge in [-0.1, -0.05) is 0 Å². The number of ether oxygens (including phenoxy) is 1. The average molecular weight is 142 g/mol. The van der Waals surface area contributed by atoms with Crippen LogP contribution in [0.1, 0.15) is 25.7 Å². The number of hydrogen-bond donors (Lipinski definition) is 1. The second kappa shape index (κ2) is 1.72. The fourth-order valence-corrected chi connectivity index (χ4v) is 1.84. The van der Waals surface area contributed by atoms with Crippen LogP contribution in [0.15, 0.2) is 0 Å². The van der Waals surface area contributed by atoms with Gasteiger partial charge in [0.2, 0.25) is 0 Å². The zero-order valence-electron chi connectivity index (χ0n) is 5.67. The maximum atomic E-state index is 10.7. The van der Waals surface area contributed by atoms with Gasteiger partial charge in [-0.2, -0.15) is 0 Å². The molecule has 1 saturated carbocycles. The third-order valence-electron chi connectivity index (χ3n) is 2.40. The van der Waals surface area contributed by atoms with E-state index in [4.69, 9.17) is 4.74 Å². The van der Waals surface area contributed by atoms with Crippen molar-refractivity contribution in [3.05, 3.63) is 0 Å². The Labute approximate surface area is 59.0 Å². The normalized spacial score (nSPS) is 45.3. The molecule has 0 bridgehead atoms. The smallest absolute Gasteiger partial charge is 0.309 e. The predicted molar refractivity (Wildman–Crippen MR) is 33.3 cm³/mol. The molecule has 3 nitrogen and oxygen atoms in total. The highest BCUT2D eigenvalue weighted by Gasteiger charge is 2.50. The number of rotatable bonds is 0. The summed E-state index contributed by atoms with van der Waals surface area (Å²) in [4.78, 5) is 10.7. The molecule has 2 aliphatic rings. The maximum absolute atomic E-state index is 10.7. The lowest BCUT2D eigenvalue weighted by molar-refractivity contribution is -0.141. The van der Waals surface area contributed by atoms with Gasteiger partial charge in [0.15, 0.2) is 0 Å². The molecule has 1 saturated heterocycles. The highest BCUT2D eigenvalue weighted by Crippen LogP contribution is 2.39. The van der Waals surface area contributed by atoms with Crippen molar-refractivity contribution in [3.63, 3.8) is 0 Å². The molecule has 0 aromatic heterocycles. The molecule has 56 valence electrons. The minimum atomic E-state index is -0.795. The number of carbonyl (C=O) groups is 1. The monoisotopic (exact) mass is 142 g/mol. The molecule has 1 N–H and O–H groups in total. The molecular formula is C7H10O3. The zero-order chi connectivity index (χ0) is 7.19. The largest absolute Gasteiger partial charge is 0.459 e. The lowest BCUT2D eigenvalue weighted by Crippen LogP contribution is -2.31. The lowest BCUT2D eigenvalue weighted by atomic mass is 9.99. The Hall–Kier alpha value is -0.570. The maximum Gasteiger partial charge on any atom is 0.309 e. The first kappa shape index (κ1) is 6.16. The van der Waals surface area contributed by atoms with Crippen LogP contribution in [0.25, 0.3) is 0 Å². The number of esters is 1. The Morgan fingerprint density at radius 1 is 1.70 bits per heavy atom. The van der Waals surface area contributed by atoms with Crippen LogP contribution < -0.4 is 0 Å². The average Bonchev–Trinajstić information content (AvgIpc) is 2.20. The molecule has 3 heteroatoms. The number of hydrogen-bond acceptors (Lipinski definition) is 3. The Morgan fingerprint density at radius 3 is 3.20 bits per heavy atom. The van der Waals surface area contributed by atoms with E-state index in [0.717, 1.165) is 19.3 Å². The summed E-state index contributed by atoms with van der Waals surface area (Å²) < 4.78 is 4.90. The third-order valence-corrected chi connectivity index (χ3v) is 2.40. The van der Waals surface area contributed by atoms with Gasteiger partial charge in [-0.25, -0.2) is 0 Å². The van der Waals surface area contributed by atoms with Crippen molar-refractivity contribution in [2.75, 3.05) is 0 Å². The van der Waals surface area contributed by atoms with Gasteiger partial charge in [-0.3, -0.25) is 4.79 Å². The number of carbonyl (C=O) groups excluding carboxylic acids is 1. The summed E-state index contributed by atoms with van der Waals surface area (Å²) in [6.07, 6.45) is 2.55. The van der Waals surface area contributed by atoms with E-state index in [1.807, 2.05) is 0 Å². The van der Waals surface area contributed by atoms with Crippen molar-refractivity contribution < 1.29 is 14.6 Å². The summed E-state index contributed by atoms with van der Waals surface area (Å²) >= 11 is 0. The Morgan fingerprint density at radius 2 is 2.50 bits per heavy atom. The Bertz CT molecular complexity index is 178. The van der Waals surface area contributed by atoms with Crippen molar-refractivity contribution in [2.45, 2.75) is 37.4 Å². The van der Waals surface area contributed by atoms with Crippen LogP contribution in [0.4, 0.5) is 0 Å². The minimum absolute atomic E-state index is 0.194. The minimum Gasteiger partial charge on any atom is -0.459 e. The molecule has 2 fully saturated rings. The van der Waals surface area contributed by atoms with E-state index in [2.05, 4.69) is 0 Å². The van der Waals surface area contributed by atoms with Crippen LogP contribution in [0.2, 0.25) is 0 Å². The molecule has 0 unspecified atom stereocenters. The topological polar surface area (TPSA) is 46.5 Å². The molecule has 2 rings (SSSR count). The van der Waals surface area contributed by atoms with Gasteiger partial charge >= 0.3 is 5.97 Å². The number of fused-ring (bicyclic) bond motifs is 1. The van der Waals surface area contributed by atoms with Crippen LogP contribution >= 0.6 is 0 Å². The molecule has 0 aromatic rings. The van der Waals surface area contributed by atoms with Crippen LogP contribution in [0.3, 0.4) is 0 Å². The standard InChI is InChI=1S/C7H10O3/c8-6-4-7(9)3-1-2-5(7)10-6/h5,9H,1-4H2/t5-,7+/m1/s1. The molecule has 1 heterocycles. The van der Waals surface area contributed by atoms with Crippen molar-refractivity contribution in [1.82, 2.24) is 0 Å². The first-order chi connectivity index (χ1) is 4.71. The van der Waals surface area contributed by atoms with Crippen LogP contribution in [-0.4, -0.2) is 22.8 Å². The second-order valence-corrected chi connectivity index (χ2v) is 3.15. The van der Waals surface area contributed by atoms with Crippen molar-refractivity contribution >= 4 is 5.97 Å².